The van der Waals surface area contributed by atoms with Crippen LogP contribution in [-0.2, 0) is 22.8 Å². The number of fused-ring (bicyclic) bond motifs is 1. The molecule has 122 valence electrons. The van der Waals surface area contributed by atoms with E-state index in [2.05, 4.69) is 5.32 Å². The van der Waals surface area contributed by atoms with E-state index in [1.165, 1.54) is 0 Å². The van der Waals surface area contributed by atoms with Gasteiger partial charge in [-0.05, 0) is 36.6 Å². The Labute approximate surface area is 136 Å². The lowest BCUT2D eigenvalue weighted by Crippen LogP contribution is -2.47. The largest absolute Gasteiger partial charge is 0.335 e. The Bertz CT molecular complexity index is 661. The van der Waals surface area contributed by atoms with Crippen molar-refractivity contribution < 1.29 is 13.2 Å². The lowest BCUT2D eigenvalue weighted by Gasteiger charge is -2.30. The van der Waals surface area contributed by atoms with Crippen molar-refractivity contribution in [3.05, 3.63) is 34.3 Å². The maximum atomic E-state index is 12.3. The van der Waals surface area contributed by atoms with Crippen LogP contribution in [0.2, 0.25) is 5.02 Å². The molecule has 7 heteroatoms. The summed E-state index contributed by atoms with van der Waals surface area (Å²) in [6, 6.07) is 5.06. The molecular weight excluding hydrogens is 324 g/mol. The molecule has 0 bridgehead atoms. The van der Waals surface area contributed by atoms with Gasteiger partial charge in [0.25, 0.3) is 0 Å². The zero-order valence-corrected chi connectivity index (χ0v) is 14.4. The Hall–Kier alpha value is -1.27. The Morgan fingerprint density at radius 1 is 1.41 bits per heavy atom. The number of benzene rings is 1. The summed E-state index contributed by atoms with van der Waals surface area (Å²) in [7, 11) is -3.10. The smallest absolute Gasteiger partial charge is 0.317 e. The van der Waals surface area contributed by atoms with Crippen molar-refractivity contribution in [1.29, 1.82) is 0 Å². The van der Waals surface area contributed by atoms with E-state index in [0.717, 1.165) is 17.5 Å². The Kier molecular flexibility index (Phi) is 5.34. The summed E-state index contributed by atoms with van der Waals surface area (Å²) in [5.74, 6) is 0.0559. The fraction of sp³-hybridized carbons (Fsp3) is 0.533. The van der Waals surface area contributed by atoms with Crippen molar-refractivity contribution in [3.8, 4) is 0 Å². The van der Waals surface area contributed by atoms with E-state index >= 15 is 0 Å². The van der Waals surface area contributed by atoms with Crippen LogP contribution in [0.15, 0.2) is 18.2 Å². The number of nitrogens with zero attached hydrogens (tertiary/aromatic N) is 1. The summed E-state index contributed by atoms with van der Waals surface area (Å²) in [6.45, 7) is 4.44. The molecule has 2 amide bonds. The second-order valence-corrected chi connectivity index (χ2v) is 8.47. The van der Waals surface area contributed by atoms with E-state index < -0.39 is 15.9 Å². The minimum Gasteiger partial charge on any atom is -0.335 e. The molecule has 0 radical (unpaired) electrons. The normalized spacial score (nSPS) is 16.0. The van der Waals surface area contributed by atoms with E-state index in [1.54, 1.807) is 18.7 Å². The minimum absolute atomic E-state index is 0.0325. The van der Waals surface area contributed by atoms with Crippen molar-refractivity contribution in [2.45, 2.75) is 32.9 Å². The second-order valence-electron chi connectivity index (χ2n) is 5.63. The molecule has 0 aliphatic carbocycles. The van der Waals surface area contributed by atoms with Gasteiger partial charge in [0, 0.05) is 29.9 Å². The Balaban J connectivity index is 1.96. The summed E-state index contributed by atoms with van der Waals surface area (Å²) in [5, 5.41) is 3.47. The van der Waals surface area contributed by atoms with Crippen LogP contribution in [0.1, 0.15) is 25.0 Å². The number of sulfone groups is 1. The van der Waals surface area contributed by atoms with Gasteiger partial charge in [-0.25, -0.2) is 13.2 Å². The quantitative estimate of drug-likeness (QED) is 0.910. The first-order valence-corrected chi connectivity index (χ1v) is 9.54. The maximum Gasteiger partial charge on any atom is 0.317 e. The van der Waals surface area contributed by atoms with Gasteiger partial charge in [-0.3, -0.25) is 0 Å². The summed E-state index contributed by atoms with van der Waals surface area (Å²) in [4.78, 5) is 14.0. The number of amides is 2. The molecule has 5 nitrogen and oxygen atoms in total. The topological polar surface area (TPSA) is 66.5 Å². The van der Waals surface area contributed by atoms with Crippen molar-refractivity contribution >= 4 is 27.5 Å². The van der Waals surface area contributed by atoms with E-state index in [-0.39, 0.29) is 17.5 Å². The molecule has 0 saturated heterocycles. The van der Waals surface area contributed by atoms with Gasteiger partial charge in [0.15, 0.2) is 9.84 Å². The molecule has 1 heterocycles. The van der Waals surface area contributed by atoms with Gasteiger partial charge in [0.1, 0.15) is 0 Å². The number of rotatable bonds is 4. The number of hydrogen-bond acceptors (Lipinski definition) is 3. The van der Waals surface area contributed by atoms with Crippen LogP contribution in [0.3, 0.4) is 0 Å². The Morgan fingerprint density at radius 3 is 2.82 bits per heavy atom. The first-order valence-electron chi connectivity index (χ1n) is 7.34. The highest BCUT2D eigenvalue weighted by atomic mass is 35.5. The number of carbonyl (C=O) groups excluding carboxylic acids is 1. The van der Waals surface area contributed by atoms with Crippen molar-refractivity contribution in [2.24, 2.45) is 0 Å². The molecular formula is C15H21ClN2O3S. The monoisotopic (exact) mass is 344 g/mol. The highest BCUT2D eigenvalue weighted by Gasteiger charge is 2.23. The van der Waals surface area contributed by atoms with E-state index in [1.807, 2.05) is 18.2 Å². The van der Waals surface area contributed by atoms with Crippen LogP contribution >= 0.6 is 11.6 Å². The summed E-state index contributed by atoms with van der Waals surface area (Å²) in [6.07, 6.45) is 0.755. The van der Waals surface area contributed by atoms with Crippen LogP contribution in [0.5, 0.6) is 0 Å². The van der Waals surface area contributed by atoms with Gasteiger partial charge < -0.3 is 10.2 Å². The van der Waals surface area contributed by atoms with Gasteiger partial charge in [-0.2, -0.15) is 0 Å². The molecule has 22 heavy (non-hydrogen) atoms. The highest BCUT2D eigenvalue weighted by Crippen LogP contribution is 2.22. The van der Waals surface area contributed by atoms with Crippen molar-refractivity contribution in [1.82, 2.24) is 10.2 Å². The average Bonchev–Trinajstić information content (AvgIpc) is 2.45. The standard InChI is InChI=1S/C15H21ClN2O3S/c1-3-22(20,21)10-11(2)17-15(19)18-7-6-12-8-14(16)5-4-13(12)9-18/h4-5,8,11H,3,6-7,9-10H2,1-2H3,(H,17,19)/t11-/m0/s1. The molecule has 1 aromatic rings. The van der Waals surface area contributed by atoms with E-state index in [4.69, 9.17) is 11.6 Å². The molecule has 1 aromatic carbocycles. The number of hydrogen-bond donors (Lipinski definition) is 1. The number of nitrogens with one attached hydrogen (secondary N) is 1. The Morgan fingerprint density at radius 2 is 2.14 bits per heavy atom. The van der Waals surface area contributed by atoms with Crippen LogP contribution in [0.4, 0.5) is 4.79 Å². The molecule has 1 atom stereocenters. The number of halogens is 1. The van der Waals surface area contributed by atoms with Crippen molar-refractivity contribution in [3.63, 3.8) is 0 Å². The predicted octanol–water partition coefficient (Wildman–Crippen LogP) is 2.23. The van der Waals surface area contributed by atoms with Crippen LogP contribution < -0.4 is 5.32 Å². The molecule has 0 saturated carbocycles. The van der Waals surface area contributed by atoms with Crippen LogP contribution in [0.25, 0.3) is 0 Å². The van der Waals surface area contributed by atoms with Gasteiger partial charge in [0.2, 0.25) is 0 Å². The zero-order chi connectivity index (χ0) is 16.3. The zero-order valence-electron chi connectivity index (χ0n) is 12.8. The molecule has 0 unspecified atom stereocenters. The summed E-state index contributed by atoms with van der Waals surface area (Å²) in [5.41, 5.74) is 2.25. The third kappa shape index (κ3) is 4.36. The van der Waals surface area contributed by atoms with Crippen LogP contribution in [0, 0.1) is 0 Å². The van der Waals surface area contributed by atoms with E-state index in [0.29, 0.717) is 18.1 Å². The molecule has 1 aliphatic heterocycles. The fourth-order valence-electron chi connectivity index (χ4n) is 2.54. The van der Waals surface area contributed by atoms with Crippen molar-refractivity contribution in [2.75, 3.05) is 18.1 Å². The molecule has 0 aromatic heterocycles. The average molecular weight is 345 g/mol. The second kappa shape index (κ2) is 6.87. The summed E-state index contributed by atoms with van der Waals surface area (Å²) < 4.78 is 23.2. The first-order chi connectivity index (χ1) is 10.3. The lowest BCUT2D eigenvalue weighted by atomic mass is 10.0. The molecule has 0 spiro atoms. The van der Waals surface area contributed by atoms with Gasteiger partial charge in [-0.15, -0.1) is 0 Å². The number of carbonyl (C=O) groups is 1. The minimum atomic E-state index is -3.10. The number of urea groups is 1. The SMILES string of the molecule is CCS(=O)(=O)C[C@H](C)NC(=O)N1CCc2cc(Cl)ccc2C1. The highest BCUT2D eigenvalue weighted by molar-refractivity contribution is 7.91. The van der Waals surface area contributed by atoms with Crippen LogP contribution in [-0.4, -0.2) is 43.4 Å². The van der Waals surface area contributed by atoms with E-state index in [9.17, 15) is 13.2 Å². The predicted molar refractivity (Wildman–Crippen MR) is 87.9 cm³/mol. The fourth-order valence-corrected chi connectivity index (χ4v) is 3.81. The first kappa shape index (κ1) is 17.1. The molecule has 1 aliphatic rings. The summed E-state index contributed by atoms with van der Waals surface area (Å²) >= 11 is 5.97. The molecule has 2 rings (SSSR count). The van der Waals surface area contributed by atoms with Gasteiger partial charge in [-0.1, -0.05) is 24.6 Å². The molecule has 1 N–H and O–H groups in total. The molecule has 0 fully saturated rings. The maximum absolute atomic E-state index is 12.3. The van der Waals surface area contributed by atoms with Gasteiger partial charge in [0.05, 0.1) is 5.75 Å². The third-order valence-electron chi connectivity index (χ3n) is 3.78. The third-order valence-corrected chi connectivity index (χ3v) is 5.90. The van der Waals surface area contributed by atoms with Gasteiger partial charge >= 0.3 is 6.03 Å². The lowest BCUT2D eigenvalue weighted by molar-refractivity contribution is 0.190.